The normalized spacial score (nSPS) is 12.3. The fourth-order valence-electron chi connectivity index (χ4n) is 4.23. The Kier molecular flexibility index (Phi) is 17.0. The fraction of sp³-hybridized carbons (Fsp3) is 0.700. The van der Waals surface area contributed by atoms with E-state index >= 15 is 0 Å². The van der Waals surface area contributed by atoms with Crippen LogP contribution >= 0.6 is 11.3 Å². The number of nitrogens with zero attached hydrogens (tertiary/aromatic N) is 1. The molecule has 0 fully saturated rings. The summed E-state index contributed by atoms with van der Waals surface area (Å²) >= 11 is 1.78. The summed E-state index contributed by atoms with van der Waals surface area (Å²) in [6, 6.07) is 8.68. The van der Waals surface area contributed by atoms with Crippen molar-refractivity contribution in [3.8, 4) is 0 Å². The van der Waals surface area contributed by atoms with Crippen LogP contribution in [0.1, 0.15) is 100.0 Å². The van der Waals surface area contributed by atoms with Crippen LogP contribution < -0.4 is 4.57 Å². The number of rotatable bonds is 22. The van der Waals surface area contributed by atoms with E-state index in [0.717, 1.165) is 19.6 Å². The van der Waals surface area contributed by atoms with Crippen LogP contribution in [0, 0.1) is 6.92 Å². The highest BCUT2D eigenvalue weighted by Gasteiger charge is 2.09. The van der Waals surface area contributed by atoms with Gasteiger partial charge in [-0.05, 0) is 18.9 Å². The minimum atomic E-state index is -0.00942. The molecule has 0 bridgehead atoms. The molecule has 0 saturated heterocycles. The molecule has 0 aliphatic rings. The lowest BCUT2D eigenvalue weighted by Gasteiger charge is -2.16. The molecule has 1 aromatic carbocycles. The molecule has 5 heteroatoms. The van der Waals surface area contributed by atoms with E-state index in [1.807, 2.05) is 0 Å². The van der Waals surface area contributed by atoms with E-state index in [1.165, 1.54) is 86.6 Å². The Balaban J connectivity index is 1.43. The van der Waals surface area contributed by atoms with E-state index in [2.05, 4.69) is 54.4 Å². The van der Waals surface area contributed by atoms with Crippen LogP contribution in [0.4, 0.5) is 0 Å². The molecule has 0 spiro atoms. The van der Waals surface area contributed by atoms with Crippen molar-refractivity contribution in [1.82, 2.24) is 0 Å². The highest BCUT2D eigenvalue weighted by molar-refractivity contribution is 7.09. The Bertz CT molecular complexity index is 746. The number of aryl methyl sites for hydroxylation is 1. The summed E-state index contributed by atoms with van der Waals surface area (Å²) in [5.74, 6) is 0. The lowest BCUT2D eigenvalue weighted by atomic mass is 10.1. The number of hydrogen-bond donors (Lipinski definition) is 0. The summed E-state index contributed by atoms with van der Waals surface area (Å²) in [5, 5.41) is 0. The number of ether oxygens (including phenoxy) is 3. The van der Waals surface area contributed by atoms with E-state index in [0.29, 0.717) is 19.8 Å². The number of benzene rings is 1. The minimum Gasteiger partial charge on any atom is -0.379 e. The molecule has 0 N–H and O–H groups in total. The Morgan fingerprint density at radius 2 is 1.34 bits per heavy atom. The predicted octanol–water partition coefficient (Wildman–Crippen LogP) is 7.64. The van der Waals surface area contributed by atoms with Crippen LogP contribution in [0.15, 0.2) is 36.0 Å². The van der Waals surface area contributed by atoms with Crippen molar-refractivity contribution in [2.75, 3.05) is 26.9 Å². The van der Waals surface area contributed by atoms with Crippen molar-refractivity contribution in [2.45, 2.75) is 110 Å². The van der Waals surface area contributed by atoms with Gasteiger partial charge < -0.3 is 14.2 Å². The Hall–Kier alpha value is -1.27. The summed E-state index contributed by atoms with van der Waals surface area (Å²) in [6.07, 6.45) is 18.6. The first kappa shape index (κ1) is 30.0. The van der Waals surface area contributed by atoms with E-state index in [1.54, 1.807) is 18.4 Å². The topological polar surface area (TPSA) is 31.6 Å². The maximum atomic E-state index is 5.90. The van der Waals surface area contributed by atoms with Crippen molar-refractivity contribution in [3.63, 3.8) is 0 Å². The van der Waals surface area contributed by atoms with Crippen LogP contribution in [0.3, 0.4) is 0 Å². The molecule has 0 aliphatic heterocycles. The average Bonchev–Trinajstić information content (AvgIpc) is 3.28. The fourth-order valence-corrected chi connectivity index (χ4v) is 4.87. The standard InChI is InChI=1S/C30H50NO3S/c1-4-5-6-7-8-9-10-11-12-13-14-15-20-33-24-30(32-3)25-34-23-29-18-16-28(17-19-29)22-31-21-27(2)35-26-31/h16-19,21,26,30H,4-15,20,22-25H2,1-3H3/q+1. The second kappa shape index (κ2) is 19.9. The maximum absolute atomic E-state index is 5.90. The van der Waals surface area contributed by atoms with E-state index in [9.17, 15) is 0 Å². The van der Waals surface area contributed by atoms with Gasteiger partial charge in [-0.1, -0.05) is 113 Å². The Morgan fingerprint density at radius 3 is 1.91 bits per heavy atom. The van der Waals surface area contributed by atoms with Crippen LogP contribution in [0.5, 0.6) is 0 Å². The first-order valence-corrected chi connectivity index (χ1v) is 14.8. The number of methoxy groups -OCH3 is 1. The van der Waals surface area contributed by atoms with Crippen LogP contribution in [0.25, 0.3) is 0 Å². The third-order valence-corrected chi connectivity index (χ3v) is 7.31. The molecule has 1 atom stereocenters. The SMILES string of the molecule is CCCCCCCCCCCCCCOCC(COCc1ccc(C[n+]2csc(C)c2)cc1)OC. The minimum absolute atomic E-state index is 0.00942. The number of aromatic nitrogens is 1. The highest BCUT2D eigenvalue weighted by atomic mass is 32.1. The summed E-state index contributed by atoms with van der Waals surface area (Å²) in [4.78, 5) is 1.33. The molecule has 0 aliphatic carbocycles. The van der Waals surface area contributed by atoms with Crippen LogP contribution in [0.2, 0.25) is 0 Å². The van der Waals surface area contributed by atoms with E-state index in [4.69, 9.17) is 14.2 Å². The van der Waals surface area contributed by atoms with Gasteiger partial charge in [-0.3, -0.25) is 0 Å². The van der Waals surface area contributed by atoms with Crippen molar-refractivity contribution < 1.29 is 18.8 Å². The number of thiazole rings is 1. The second-order valence-electron chi connectivity index (χ2n) is 9.79. The lowest BCUT2D eigenvalue weighted by molar-refractivity contribution is -0.683. The van der Waals surface area contributed by atoms with Crippen molar-refractivity contribution in [1.29, 1.82) is 0 Å². The van der Waals surface area contributed by atoms with Crippen molar-refractivity contribution in [3.05, 3.63) is 52.0 Å². The molecule has 1 unspecified atom stereocenters. The second-order valence-corrected chi connectivity index (χ2v) is 10.9. The van der Waals surface area contributed by atoms with Crippen molar-refractivity contribution >= 4 is 11.3 Å². The number of unbranched alkanes of at least 4 members (excludes halogenated alkanes) is 11. The third kappa shape index (κ3) is 14.8. The Labute approximate surface area is 219 Å². The molecule has 4 nitrogen and oxygen atoms in total. The molecule has 2 aromatic rings. The molecular formula is C30H50NO3S+. The van der Waals surface area contributed by atoms with Gasteiger partial charge in [0.2, 0.25) is 5.51 Å². The zero-order valence-corrected chi connectivity index (χ0v) is 23.5. The van der Waals surface area contributed by atoms with Crippen LogP contribution in [-0.2, 0) is 27.4 Å². The molecule has 1 heterocycles. The summed E-state index contributed by atoms with van der Waals surface area (Å²) in [7, 11) is 1.74. The summed E-state index contributed by atoms with van der Waals surface area (Å²) in [5.41, 5.74) is 4.65. The van der Waals surface area contributed by atoms with Gasteiger partial charge in [0, 0.05) is 19.3 Å². The quantitative estimate of drug-likeness (QED) is 0.122. The van der Waals surface area contributed by atoms with Gasteiger partial charge in [-0.25, -0.2) is 0 Å². The zero-order valence-electron chi connectivity index (χ0n) is 22.6. The molecule has 0 radical (unpaired) electrons. The maximum Gasteiger partial charge on any atom is 0.225 e. The Morgan fingerprint density at radius 1 is 0.771 bits per heavy atom. The van der Waals surface area contributed by atoms with Gasteiger partial charge in [-0.15, -0.1) is 0 Å². The predicted molar refractivity (Wildman–Crippen MR) is 147 cm³/mol. The van der Waals surface area contributed by atoms with Gasteiger partial charge in [-0.2, -0.15) is 4.57 Å². The van der Waals surface area contributed by atoms with Gasteiger partial charge in [0.25, 0.3) is 0 Å². The van der Waals surface area contributed by atoms with Gasteiger partial charge in [0.1, 0.15) is 6.10 Å². The molecule has 0 amide bonds. The van der Waals surface area contributed by atoms with Crippen molar-refractivity contribution in [2.24, 2.45) is 0 Å². The molecule has 35 heavy (non-hydrogen) atoms. The van der Waals surface area contributed by atoms with E-state index in [-0.39, 0.29) is 6.10 Å². The van der Waals surface area contributed by atoms with Gasteiger partial charge >= 0.3 is 0 Å². The van der Waals surface area contributed by atoms with Gasteiger partial charge in [0.15, 0.2) is 12.7 Å². The summed E-state index contributed by atoms with van der Waals surface area (Å²) in [6.45, 7) is 7.91. The monoisotopic (exact) mass is 504 g/mol. The highest BCUT2D eigenvalue weighted by Crippen LogP contribution is 2.12. The zero-order chi connectivity index (χ0) is 25.0. The van der Waals surface area contributed by atoms with E-state index < -0.39 is 0 Å². The molecule has 1 aromatic heterocycles. The van der Waals surface area contributed by atoms with Crippen LogP contribution in [-0.4, -0.2) is 33.0 Å². The first-order valence-electron chi connectivity index (χ1n) is 13.9. The number of hydrogen-bond acceptors (Lipinski definition) is 4. The summed E-state index contributed by atoms with van der Waals surface area (Å²) < 4.78 is 19.5. The first-order chi connectivity index (χ1) is 17.2. The largest absolute Gasteiger partial charge is 0.379 e. The smallest absolute Gasteiger partial charge is 0.225 e. The van der Waals surface area contributed by atoms with Gasteiger partial charge in [0.05, 0.1) is 24.7 Å². The molecule has 2 rings (SSSR count). The molecule has 198 valence electrons. The lowest BCUT2D eigenvalue weighted by Crippen LogP contribution is -2.30. The third-order valence-electron chi connectivity index (χ3n) is 6.46. The average molecular weight is 505 g/mol. The molecular weight excluding hydrogens is 454 g/mol. The molecule has 0 saturated carbocycles.